The molecule has 0 amide bonds. The minimum Gasteiger partial charge on any atom is -0.409 e. The van der Waals surface area contributed by atoms with Gasteiger partial charge in [-0.25, -0.2) is 0 Å². The monoisotopic (exact) mass is 410 g/mol. The molecule has 0 aliphatic heterocycles. The maximum absolute atomic E-state index is 5.96. The van der Waals surface area contributed by atoms with Gasteiger partial charge < -0.3 is 13.6 Å². The van der Waals surface area contributed by atoms with Crippen molar-refractivity contribution in [1.82, 2.24) is 0 Å². The minimum absolute atomic E-state index is 0. The number of rotatable bonds is 6. The van der Waals surface area contributed by atoms with Crippen molar-refractivity contribution in [2.45, 2.75) is 20.8 Å². The zero-order valence-electron chi connectivity index (χ0n) is 14.9. The van der Waals surface area contributed by atoms with Crippen molar-refractivity contribution >= 4 is 8.60 Å². The van der Waals surface area contributed by atoms with Crippen LogP contribution in [0.15, 0.2) is 72.8 Å². The Labute approximate surface area is 166 Å². The third kappa shape index (κ3) is 6.05. The van der Waals surface area contributed by atoms with Gasteiger partial charge in [0.05, 0.1) is 0 Å². The molecule has 0 aliphatic rings. The van der Waals surface area contributed by atoms with E-state index in [1.807, 2.05) is 93.6 Å². The molecule has 0 N–H and O–H groups in total. The molecule has 0 spiro atoms. The van der Waals surface area contributed by atoms with Crippen molar-refractivity contribution in [2.24, 2.45) is 0 Å². The van der Waals surface area contributed by atoms with Crippen LogP contribution in [0, 0.1) is 20.8 Å². The van der Waals surface area contributed by atoms with E-state index in [1.165, 1.54) is 16.7 Å². The minimum atomic E-state index is -1.62. The Morgan fingerprint density at radius 1 is 0.462 bits per heavy atom. The smallest absolute Gasteiger partial charge is 0.409 e. The fourth-order valence-electron chi connectivity index (χ4n) is 2.11. The summed E-state index contributed by atoms with van der Waals surface area (Å²) in [5, 5.41) is 0. The van der Waals surface area contributed by atoms with Gasteiger partial charge in [0.2, 0.25) is 0 Å². The first-order chi connectivity index (χ1) is 12.1. The van der Waals surface area contributed by atoms with Crippen molar-refractivity contribution in [1.29, 1.82) is 0 Å². The molecular formula is C21H21NiO3P. The third-order valence-electron chi connectivity index (χ3n) is 3.60. The molecule has 0 fully saturated rings. The van der Waals surface area contributed by atoms with Crippen molar-refractivity contribution in [3.05, 3.63) is 89.5 Å². The zero-order chi connectivity index (χ0) is 17.6. The quantitative estimate of drug-likeness (QED) is 0.349. The van der Waals surface area contributed by atoms with E-state index in [0.717, 1.165) is 17.2 Å². The molecule has 0 bridgehead atoms. The molecule has 0 saturated carbocycles. The molecule has 3 aromatic carbocycles. The predicted molar refractivity (Wildman–Crippen MR) is 102 cm³/mol. The van der Waals surface area contributed by atoms with E-state index in [4.69, 9.17) is 13.6 Å². The normalized spacial score (nSPS) is 10.2. The summed E-state index contributed by atoms with van der Waals surface area (Å²) in [6.45, 7) is 6.12. The van der Waals surface area contributed by atoms with Crippen molar-refractivity contribution in [3.63, 3.8) is 0 Å². The molecule has 0 heterocycles. The van der Waals surface area contributed by atoms with E-state index < -0.39 is 8.60 Å². The molecule has 0 radical (unpaired) electrons. The number of aryl methyl sites for hydroxylation is 3. The summed E-state index contributed by atoms with van der Waals surface area (Å²) in [5.41, 5.74) is 3.53. The van der Waals surface area contributed by atoms with E-state index in [1.54, 1.807) is 0 Å². The Morgan fingerprint density at radius 2 is 0.692 bits per heavy atom. The Morgan fingerprint density at radius 3 is 0.923 bits per heavy atom. The van der Waals surface area contributed by atoms with E-state index in [0.29, 0.717) is 0 Å². The predicted octanol–water partition coefficient (Wildman–Crippen LogP) is 6.37. The first-order valence-electron chi connectivity index (χ1n) is 8.12. The first kappa shape index (κ1) is 20.3. The van der Waals surface area contributed by atoms with Gasteiger partial charge in [-0.2, -0.15) is 0 Å². The molecule has 0 saturated heterocycles. The Kier molecular flexibility index (Phi) is 7.51. The first-order valence-corrected chi connectivity index (χ1v) is 9.22. The van der Waals surface area contributed by atoms with Gasteiger partial charge >= 0.3 is 8.60 Å². The van der Waals surface area contributed by atoms with Crippen LogP contribution >= 0.6 is 8.60 Å². The van der Waals surface area contributed by atoms with Crippen LogP contribution in [0.2, 0.25) is 0 Å². The molecular weight excluding hydrogens is 390 g/mol. The summed E-state index contributed by atoms with van der Waals surface area (Å²) in [7, 11) is -1.62. The van der Waals surface area contributed by atoms with E-state index in [2.05, 4.69) is 0 Å². The number of hydrogen-bond donors (Lipinski definition) is 0. The standard InChI is InChI=1S/C21H21O3P.Ni/c1-16-4-10-19(11-5-16)22-25(23-20-12-6-17(2)7-13-20)24-21-14-8-18(3)9-15-21;/h4-15H,1-3H3;. The van der Waals surface area contributed by atoms with Crippen LogP contribution < -0.4 is 13.6 Å². The second kappa shape index (κ2) is 9.62. The van der Waals surface area contributed by atoms with E-state index in [9.17, 15) is 0 Å². The van der Waals surface area contributed by atoms with Gasteiger partial charge in [0.1, 0.15) is 17.2 Å². The van der Waals surface area contributed by atoms with Crippen LogP contribution in [-0.2, 0) is 16.5 Å². The van der Waals surface area contributed by atoms with Crippen LogP contribution in [0.4, 0.5) is 0 Å². The molecule has 0 unspecified atom stereocenters. The topological polar surface area (TPSA) is 27.7 Å². The average molecular weight is 411 g/mol. The Balaban J connectivity index is 0.00000243. The number of hydrogen-bond acceptors (Lipinski definition) is 3. The fraction of sp³-hybridized carbons (Fsp3) is 0.143. The van der Waals surface area contributed by atoms with Gasteiger partial charge in [-0.15, -0.1) is 0 Å². The van der Waals surface area contributed by atoms with Gasteiger partial charge in [0.25, 0.3) is 0 Å². The van der Waals surface area contributed by atoms with Gasteiger partial charge in [0.15, 0.2) is 0 Å². The van der Waals surface area contributed by atoms with Crippen LogP contribution in [0.25, 0.3) is 0 Å². The van der Waals surface area contributed by atoms with Gasteiger partial charge in [-0.1, -0.05) is 53.1 Å². The summed E-state index contributed by atoms with van der Waals surface area (Å²) in [4.78, 5) is 0. The summed E-state index contributed by atoms with van der Waals surface area (Å²) in [6.07, 6.45) is 0. The third-order valence-corrected chi connectivity index (χ3v) is 4.68. The Bertz CT molecular complexity index is 689. The maximum atomic E-state index is 5.96. The van der Waals surface area contributed by atoms with Crippen molar-refractivity contribution < 1.29 is 30.1 Å². The van der Waals surface area contributed by atoms with E-state index in [-0.39, 0.29) is 16.5 Å². The second-order valence-electron chi connectivity index (χ2n) is 5.94. The SMILES string of the molecule is Cc1ccc(OP(Oc2ccc(C)cc2)Oc2ccc(C)cc2)cc1.[Ni]. The molecule has 3 nitrogen and oxygen atoms in total. The number of benzene rings is 3. The van der Waals surface area contributed by atoms with Crippen LogP contribution in [-0.4, -0.2) is 0 Å². The molecule has 0 aromatic heterocycles. The average Bonchev–Trinajstić information content (AvgIpc) is 2.61. The molecule has 5 heteroatoms. The van der Waals surface area contributed by atoms with Crippen LogP contribution in [0.5, 0.6) is 17.2 Å². The fourth-order valence-corrected chi connectivity index (χ4v) is 3.10. The van der Waals surface area contributed by atoms with Crippen molar-refractivity contribution in [2.75, 3.05) is 0 Å². The Hall–Kier alpha value is -2.02. The molecule has 3 aromatic rings. The molecule has 3 rings (SSSR count). The van der Waals surface area contributed by atoms with Gasteiger partial charge in [-0.3, -0.25) is 0 Å². The maximum Gasteiger partial charge on any atom is 0.530 e. The van der Waals surface area contributed by atoms with Crippen molar-refractivity contribution in [3.8, 4) is 17.2 Å². The largest absolute Gasteiger partial charge is 0.530 e. The summed E-state index contributed by atoms with van der Waals surface area (Å²) >= 11 is 0. The summed E-state index contributed by atoms with van der Waals surface area (Å²) in [6, 6.07) is 23.5. The summed E-state index contributed by atoms with van der Waals surface area (Å²) < 4.78 is 17.9. The van der Waals surface area contributed by atoms with Gasteiger partial charge in [-0.05, 0) is 57.2 Å². The molecule has 0 aliphatic carbocycles. The molecule has 26 heavy (non-hydrogen) atoms. The molecule has 138 valence electrons. The molecule has 0 atom stereocenters. The van der Waals surface area contributed by atoms with Crippen LogP contribution in [0.3, 0.4) is 0 Å². The van der Waals surface area contributed by atoms with Crippen LogP contribution in [0.1, 0.15) is 16.7 Å². The zero-order valence-corrected chi connectivity index (χ0v) is 16.8. The van der Waals surface area contributed by atoms with Gasteiger partial charge in [0, 0.05) is 16.5 Å². The second-order valence-corrected chi connectivity index (χ2v) is 6.93. The summed E-state index contributed by atoms with van der Waals surface area (Å²) in [5.74, 6) is 2.16. The van der Waals surface area contributed by atoms with E-state index >= 15 is 0 Å².